The fourth-order valence-corrected chi connectivity index (χ4v) is 2.88. The predicted octanol–water partition coefficient (Wildman–Crippen LogP) is 3.69. The molecule has 0 saturated heterocycles. The average Bonchev–Trinajstić information content (AvgIpc) is 2.70. The summed E-state index contributed by atoms with van der Waals surface area (Å²) in [5.74, 6) is 1.04. The number of anilines is 1. The van der Waals surface area contributed by atoms with Gasteiger partial charge in [0.2, 0.25) is 0 Å². The number of benzene rings is 1. The van der Waals surface area contributed by atoms with Gasteiger partial charge < -0.3 is 15.0 Å². The van der Waals surface area contributed by atoms with Crippen molar-refractivity contribution in [1.29, 1.82) is 0 Å². The molecule has 1 aromatic rings. The van der Waals surface area contributed by atoms with Crippen LogP contribution in [-0.4, -0.2) is 32.8 Å². The third-order valence-electron chi connectivity index (χ3n) is 4.44. The van der Waals surface area contributed by atoms with E-state index in [-0.39, 0.29) is 0 Å². The quantitative estimate of drug-likeness (QED) is 0.775. The predicted molar refractivity (Wildman–Crippen MR) is 90.3 cm³/mol. The maximum atomic E-state index is 5.87. The Morgan fingerprint density at radius 1 is 1.29 bits per heavy atom. The lowest BCUT2D eigenvalue weighted by Crippen LogP contribution is -2.42. The van der Waals surface area contributed by atoms with Crippen LogP contribution in [-0.2, 0) is 0 Å². The highest BCUT2D eigenvalue weighted by Crippen LogP contribution is 2.33. The van der Waals surface area contributed by atoms with Crippen molar-refractivity contribution in [3.8, 4) is 5.75 Å². The van der Waals surface area contributed by atoms with Crippen molar-refractivity contribution in [2.24, 2.45) is 5.41 Å². The Morgan fingerprint density at radius 2 is 2.10 bits per heavy atom. The van der Waals surface area contributed by atoms with Gasteiger partial charge in [0.15, 0.2) is 0 Å². The van der Waals surface area contributed by atoms with Crippen molar-refractivity contribution in [3.05, 3.63) is 24.3 Å². The topological polar surface area (TPSA) is 24.5 Å². The van der Waals surface area contributed by atoms with Gasteiger partial charge in [-0.2, -0.15) is 0 Å². The monoisotopic (exact) mass is 290 g/mol. The van der Waals surface area contributed by atoms with E-state index in [2.05, 4.69) is 55.3 Å². The van der Waals surface area contributed by atoms with Crippen molar-refractivity contribution >= 4 is 5.69 Å². The Hall–Kier alpha value is -1.22. The molecule has 3 heteroatoms. The van der Waals surface area contributed by atoms with Crippen molar-refractivity contribution in [3.63, 3.8) is 0 Å². The summed E-state index contributed by atoms with van der Waals surface area (Å²) in [6, 6.07) is 8.45. The Balaban J connectivity index is 2.09. The molecule has 1 N–H and O–H groups in total. The molecule has 3 nitrogen and oxygen atoms in total. The number of nitrogens with zero attached hydrogens (tertiary/aromatic N) is 1. The van der Waals surface area contributed by atoms with Crippen LogP contribution in [0.4, 0.5) is 5.69 Å². The minimum atomic E-state index is 0.298. The lowest BCUT2D eigenvalue weighted by Gasteiger charge is -2.36. The lowest BCUT2D eigenvalue weighted by molar-refractivity contribution is 0.294. The molecular formula is C18H30N2O. The van der Waals surface area contributed by atoms with E-state index in [4.69, 9.17) is 4.74 Å². The van der Waals surface area contributed by atoms with Crippen LogP contribution in [0.3, 0.4) is 0 Å². The largest absolute Gasteiger partial charge is 0.491 e. The van der Waals surface area contributed by atoms with Crippen LogP contribution in [0.5, 0.6) is 5.75 Å². The molecule has 1 aliphatic heterocycles. The Bertz CT molecular complexity index is 435. The van der Waals surface area contributed by atoms with Crippen LogP contribution < -0.4 is 15.0 Å². The standard InChI is InChI=1S/C18H30N2O/c1-4-11-19-14-18(3,5-2)15-20-12-8-13-21-17-10-7-6-9-16(17)20/h6-7,9-10,19H,4-5,8,11-15H2,1-3H3. The van der Waals surface area contributed by atoms with E-state index >= 15 is 0 Å². The van der Waals surface area contributed by atoms with E-state index in [0.717, 1.165) is 45.0 Å². The second-order valence-corrected chi connectivity index (χ2v) is 6.43. The Kier molecular flexibility index (Phi) is 5.92. The molecule has 1 atom stereocenters. The first kappa shape index (κ1) is 16.2. The van der Waals surface area contributed by atoms with E-state index < -0.39 is 0 Å². The molecule has 0 aromatic heterocycles. The van der Waals surface area contributed by atoms with Gasteiger partial charge in [-0.3, -0.25) is 0 Å². The van der Waals surface area contributed by atoms with Gasteiger partial charge in [0.05, 0.1) is 12.3 Å². The summed E-state index contributed by atoms with van der Waals surface area (Å²) in [5, 5.41) is 3.60. The van der Waals surface area contributed by atoms with Gasteiger partial charge in [-0.1, -0.05) is 32.9 Å². The van der Waals surface area contributed by atoms with Crippen LogP contribution >= 0.6 is 0 Å². The second kappa shape index (κ2) is 7.69. The average molecular weight is 290 g/mol. The molecule has 0 bridgehead atoms. The van der Waals surface area contributed by atoms with Crippen LogP contribution in [0.1, 0.15) is 40.0 Å². The molecule has 118 valence electrons. The second-order valence-electron chi connectivity index (χ2n) is 6.43. The molecule has 0 fully saturated rings. The number of para-hydroxylation sites is 2. The number of fused-ring (bicyclic) bond motifs is 1. The minimum Gasteiger partial charge on any atom is -0.491 e. The molecular weight excluding hydrogens is 260 g/mol. The first-order valence-corrected chi connectivity index (χ1v) is 8.36. The first-order valence-electron chi connectivity index (χ1n) is 8.36. The van der Waals surface area contributed by atoms with E-state index in [0.29, 0.717) is 5.41 Å². The van der Waals surface area contributed by atoms with Crippen molar-refractivity contribution < 1.29 is 4.74 Å². The smallest absolute Gasteiger partial charge is 0.142 e. The number of ether oxygens (including phenoxy) is 1. The zero-order valence-corrected chi connectivity index (χ0v) is 13.8. The van der Waals surface area contributed by atoms with Crippen LogP contribution in [0.2, 0.25) is 0 Å². The van der Waals surface area contributed by atoms with Gasteiger partial charge in [0.25, 0.3) is 0 Å². The van der Waals surface area contributed by atoms with E-state index in [1.54, 1.807) is 0 Å². The number of hydrogen-bond donors (Lipinski definition) is 1. The molecule has 1 heterocycles. The van der Waals surface area contributed by atoms with E-state index in [1.807, 2.05) is 0 Å². The van der Waals surface area contributed by atoms with Gasteiger partial charge in [0.1, 0.15) is 5.75 Å². The van der Waals surface area contributed by atoms with Gasteiger partial charge in [-0.15, -0.1) is 0 Å². The summed E-state index contributed by atoms with van der Waals surface area (Å²) in [6.45, 7) is 12.1. The molecule has 0 aliphatic carbocycles. The fraction of sp³-hybridized carbons (Fsp3) is 0.667. The van der Waals surface area contributed by atoms with Gasteiger partial charge in [-0.05, 0) is 43.4 Å². The third-order valence-corrected chi connectivity index (χ3v) is 4.44. The summed E-state index contributed by atoms with van der Waals surface area (Å²) in [6.07, 6.45) is 3.47. The van der Waals surface area contributed by atoms with E-state index in [1.165, 1.54) is 18.5 Å². The van der Waals surface area contributed by atoms with Crippen LogP contribution in [0.25, 0.3) is 0 Å². The van der Waals surface area contributed by atoms with Crippen LogP contribution in [0.15, 0.2) is 24.3 Å². The molecule has 1 aliphatic rings. The summed E-state index contributed by atoms with van der Waals surface area (Å²) >= 11 is 0. The minimum absolute atomic E-state index is 0.298. The fourth-order valence-electron chi connectivity index (χ4n) is 2.88. The first-order chi connectivity index (χ1) is 10.2. The molecule has 1 aromatic carbocycles. The van der Waals surface area contributed by atoms with Gasteiger partial charge in [0, 0.05) is 19.6 Å². The molecule has 2 rings (SSSR count). The molecule has 21 heavy (non-hydrogen) atoms. The number of hydrogen-bond acceptors (Lipinski definition) is 3. The summed E-state index contributed by atoms with van der Waals surface area (Å²) in [7, 11) is 0. The molecule has 0 amide bonds. The number of rotatable bonds is 7. The summed E-state index contributed by atoms with van der Waals surface area (Å²) in [4.78, 5) is 2.51. The lowest BCUT2D eigenvalue weighted by atomic mass is 9.86. The maximum absolute atomic E-state index is 5.87. The number of nitrogens with one attached hydrogen (secondary N) is 1. The Morgan fingerprint density at radius 3 is 2.86 bits per heavy atom. The Labute approximate surface area is 129 Å². The zero-order chi connectivity index (χ0) is 15.1. The van der Waals surface area contributed by atoms with Gasteiger partial charge >= 0.3 is 0 Å². The molecule has 0 spiro atoms. The molecule has 1 unspecified atom stereocenters. The van der Waals surface area contributed by atoms with Crippen molar-refractivity contribution in [2.45, 2.75) is 40.0 Å². The highest BCUT2D eigenvalue weighted by molar-refractivity contribution is 5.59. The van der Waals surface area contributed by atoms with Crippen LogP contribution in [0, 0.1) is 5.41 Å². The zero-order valence-electron chi connectivity index (χ0n) is 13.8. The SMILES string of the molecule is CCCNCC(C)(CC)CN1CCCOc2ccccc21. The highest BCUT2D eigenvalue weighted by Gasteiger charge is 2.27. The normalized spacial score (nSPS) is 17.6. The van der Waals surface area contributed by atoms with Crippen molar-refractivity contribution in [2.75, 3.05) is 37.7 Å². The summed E-state index contributed by atoms with van der Waals surface area (Å²) < 4.78 is 5.87. The third kappa shape index (κ3) is 4.37. The molecule has 0 radical (unpaired) electrons. The van der Waals surface area contributed by atoms with E-state index in [9.17, 15) is 0 Å². The highest BCUT2D eigenvalue weighted by atomic mass is 16.5. The van der Waals surface area contributed by atoms with Gasteiger partial charge in [-0.25, -0.2) is 0 Å². The maximum Gasteiger partial charge on any atom is 0.142 e. The summed E-state index contributed by atoms with van der Waals surface area (Å²) in [5.41, 5.74) is 1.55. The van der Waals surface area contributed by atoms with Crippen molar-refractivity contribution in [1.82, 2.24) is 5.32 Å². The molecule has 0 saturated carbocycles.